The summed E-state index contributed by atoms with van der Waals surface area (Å²) in [6, 6.07) is 5.24. The zero-order valence-electron chi connectivity index (χ0n) is 8.43. The zero-order chi connectivity index (χ0) is 11.3. The molecule has 82 valence electrons. The molecule has 1 aromatic rings. The van der Waals surface area contributed by atoms with Crippen molar-refractivity contribution in [2.45, 2.75) is 13.3 Å². The fourth-order valence-corrected chi connectivity index (χ4v) is 1.53. The third-order valence-corrected chi connectivity index (χ3v) is 2.39. The number of carbonyl (C=O) groups is 1. The van der Waals surface area contributed by atoms with Gasteiger partial charge >= 0.3 is 0 Å². The van der Waals surface area contributed by atoms with Gasteiger partial charge in [-0.15, -0.1) is 11.6 Å². The minimum atomic E-state index is -0.0418. The molecule has 0 unspecified atom stereocenters. The molecule has 0 aliphatic carbocycles. The van der Waals surface area contributed by atoms with Crippen LogP contribution in [0.3, 0.4) is 0 Å². The van der Waals surface area contributed by atoms with E-state index in [0.29, 0.717) is 17.4 Å². The Hall–Kier alpha value is -0.730. The Morgan fingerprint density at radius 3 is 2.80 bits per heavy atom. The first-order chi connectivity index (χ1) is 7.17. The number of hydrogen-bond acceptors (Lipinski definition) is 2. The summed E-state index contributed by atoms with van der Waals surface area (Å²) in [6.07, 6.45) is 0.263. The summed E-state index contributed by atoms with van der Waals surface area (Å²) in [6.45, 7) is 2.45. The molecule has 0 N–H and O–H groups in total. The Labute approximate surface area is 99.1 Å². The predicted octanol–water partition coefficient (Wildman–Crippen LogP) is 3.09. The highest BCUT2D eigenvalue weighted by Crippen LogP contribution is 2.23. The second kappa shape index (κ2) is 5.99. The van der Waals surface area contributed by atoms with Crippen molar-refractivity contribution in [3.8, 4) is 5.75 Å². The Morgan fingerprint density at radius 1 is 1.47 bits per heavy atom. The lowest BCUT2D eigenvalue weighted by Gasteiger charge is -2.09. The highest BCUT2D eigenvalue weighted by Gasteiger charge is 2.08. The van der Waals surface area contributed by atoms with E-state index in [1.807, 2.05) is 6.92 Å². The van der Waals surface area contributed by atoms with Gasteiger partial charge in [0, 0.05) is 17.0 Å². The molecule has 0 aromatic heterocycles. The van der Waals surface area contributed by atoms with Crippen LogP contribution in [0.4, 0.5) is 0 Å². The number of rotatable bonds is 5. The first-order valence-electron chi connectivity index (χ1n) is 4.66. The smallest absolute Gasteiger partial charge is 0.152 e. The molecule has 4 heteroatoms. The van der Waals surface area contributed by atoms with Crippen molar-refractivity contribution < 1.29 is 9.53 Å². The molecule has 0 bridgehead atoms. The molecule has 0 atom stereocenters. The van der Waals surface area contributed by atoms with E-state index in [-0.39, 0.29) is 18.1 Å². The third-order valence-electron chi connectivity index (χ3n) is 1.86. The number of benzene rings is 1. The van der Waals surface area contributed by atoms with E-state index in [1.165, 1.54) is 0 Å². The van der Waals surface area contributed by atoms with Crippen LogP contribution < -0.4 is 4.74 Å². The molecule has 0 amide bonds. The number of alkyl halides is 1. The molecule has 0 aliphatic rings. The van der Waals surface area contributed by atoms with E-state index < -0.39 is 0 Å². The number of hydrogen-bond donors (Lipinski definition) is 0. The van der Waals surface area contributed by atoms with E-state index >= 15 is 0 Å². The monoisotopic (exact) mass is 246 g/mol. The Bertz CT molecular complexity index is 350. The van der Waals surface area contributed by atoms with Crippen molar-refractivity contribution in [2.24, 2.45) is 0 Å². The minimum Gasteiger partial charge on any atom is -0.494 e. The normalized spacial score (nSPS) is 10.1. The maximum Gasteiger partial charge on any atom is 0.152 e. The average Bonchev–Trinajstić information content (AvgIpc) is 2.22. The molecule has 0 radical (unpaired) electrons. The van der Waals surface area contributed by atoms with E-state index in [1.54, 1.807) is 18.2 Å². The predicted molar refractivity (Wildman–Crippen MR) is 62.1 cm³/mol. The van der Waals surface area contributed by atoms with Crippen molar-refractivity contribution in [1.82, 2.24) is 0 Å². The van der Waals surface area contributed by atoms with Gasteiger partial charge in [-0.3, -0.25) is 4.79 Å². The summed E-state index contributed by atoms with van der Waals surface area (Å²) in [5, 5.41) is 0.593. The van der Waals surface area contributed by atoms with Crippen molar-refractivity contribution >= 4 is 29.0 Å². The fraction of sp³-hybridized carbons (Fsp3) is 0.364. The van der Waals surface area contributed by atoms with Crippen LogP contribution in [0.1, 0.15) is 12.5 Å². The van der Waals surface area contributed by atoms with Crippen LogP contribution >= 0.6 is 23.2 Å². The zero-order valence-corrected chi connectivity index (χ0v) is 9.94. The molecular formula is C11H12Cl2O2. The third kappa shape index (κ3) is 3.73. The summed E-state index contributed by atoms with van der Waals surface area (Å²) < 4.78 is 5.38. The molecular weight excluding hydrogens is 235 g/mol. The molecule has 0 heterocycles. The van der Waals surface area contributed by atoms with E-state index in [9.17, 15) is 4.79 Å². The van der Waals surface area contributed by atoms with Crippen LogP contribution in [0.25, 0.3) is 0 Å². The van der Waals surface area contributed by atoms with Gasteiger partial charge in [-0.25, -0.2) is 0 Å². The van der Waals surface area contributed by atoms with E-state index in [4.69, 9.17) is 27.9 Å². The topological polar surface area (TPSA) is 26.3 Å². The van der Waals surface area contributed by atoms with Crippen molar-refractivity contribution in [3.63, 3.8) is 0 Å². The Balaban J connectivity index is 2.91. The quantitative estimate of drug-likeness (QED) is 0.747. The van der Waals surface area contributed by atoms with Crippen molar-refractivity contribution in [1.29, 1.82) is 0 Å². The Morgan fingerprint density at radius 2 is 2.20 bits per heavy atom. The molecule has 1 aromatic carbocycles. The number of carbonyl (C=O) groups excluding carboxylic acids is 1. The van der Waals surface area contributed by atoms with Crippen LogP contribution in [-0.2, 0) is 11.2 Å². The van der Waals surface area contributed by atoms with Crippen LogP contribution in [0, 0.1) is 0 Å². The minimum absolute atomic E-state index is 0.0120. The van der Waals surface area contributed by atoms with Gasteiger partial charge in [0.05, 0.1) is 12.5 Å². The first kappa shape index (κ1) is 12.3. The molecule has 15 heavy (non-hydrogen) atoms. The van der Waals surface area contributed by atoms with Gasteiger partial charge < -0.3 is 4.74 Å². The summed E-state index contributed by atoms with van der Waals surface area (Å²) in [4.78, 5) is 11.2. The number of ether oxygens (including phenoxy) is 1. The highest BCUT2D eigenvalue weighted by atomic mass is 35.5. The summed E-state index contributed by atoms with van der Waals surface area (Å²) >= 11 is 11.3. The highest BCUT2D eigenvalue weighted by molar-refractivity contribution is 6.30. The molecule has 0 saturated carbocycles. The summed E-state index contributed by atoms with van der Waals surface area (Å²) in [5.74, 6) is 0.665. The maximum absolute atomic E-state index is 11.2. The van der Waals surface area contributed by atoms with Gasteiger partial charge in [-0.05, 0) is 25.1 Å². The van der Waals surface area contributed by atoms with Gasteiger partial charge in [0.25, 0.3) is 0 Å². The number of ketones is 1. The lowest BCUT2D eigenvalue weighted by atomic mass is 10.1. The molecule has 0 spiro atoms. The van der Waals surface area contributed by atoms with Gasteiger partial charge in [0.15, 0.2) is 5.78 Å². The molecule has 0 aliphatic heterocycles. The first-order valence-corrected chi connectivity index (χ1v) is 5.57. The molecule has 0 fully saturated rings. The lowest BCUT2D eigenvalue weighted by molar-refractivity contribution is -0.116. The van der Waals surface area contributed by atoms with Crippen LogP contribution in [0.15, 0.2) is 18.2 Å². The molecule has 1 rings (SSSR count). The van der Waals surface area contributed by atoms with Crippen LogP contribution in [-0.4, -0.2) is 18.3 Å². The maximum atomic E-state index is 11.2. The van der Waals surface area contributed by atoms with Crippen molar-refractivity contribution in [3.05, 3.63) is 28.8 Å². The van der Waals surface area contributed by atoms with Gasteiger partial charge in [0.2, 0.25) is 0 Å². The van der Waals surface area contributed by atoms with E-state index in [2.05, 4.69) is 0 Å². The Kier molecular flexibility index (Phi) is 4.92. The van der Waals surface area contributed by atoms with Crippen molar-refractivity contribution in [2.75, 3.05) is 12.5 Å². The SMILES string of the molecule is CCOc1ccc(Cl)cc1CC(=O)CCl. The van der Waals surface area contributed by atoms with Crippen LogP contribution in [0.2, 0.25) is 5.02 Å². The fourth-order valence-electron chi connectivity index (χ4n) is 1.24. The van der Waals surface area contributed by atoms with Crippen LogP contribution in [0.5, 0.6) is 5.75 Å². The summed E-state index contributed by atoms with van der Waals surface area (Å²) in [7, 11) is 0. The van der Waals surface area contributed by atoms with Gasteiger partial charge in [-0.2, -0.15) is 0 Å². The lowest BCUT2D eigenvalue weighted by Crippen LogP contribution is -2.06. The van der Waals surface area contributed by atoms with E-state index in [0.717, 1.165) is 5.56 Å². The number of halogens is 2. The number of Topliss-reactive ketones (excluding diaryl/α,β-unsaturated/α-hetero) is 1. The standard InChI is InChI=1S/C11H12Cl2O2/c1-2-15-11-4-3-9(13)5-8(11)6-10(14)7-12/h3-5H,2,6-7H2,1H3. The largest absolute Gasteiger partial charge is 0.494 e. The summed E-state index contributed by atoms with van der Waals surface area (Å²) in [5.41, 5.74) is 0.787. The van der Waals surface area contributed by atoms with Gasteiger partial charge in [0.1, 0.15) is 5.75 Å². The molecule has 2 nitrogen and oxygen atoms in total. The van der Waals surface area contributed by atoms with Gasteiger partial charge in [-0.1, -0.05) is 11.6 Å². The molecule has 0 saturated heterocycles. The second-order valence-electron chi connectivity index (χ2n) is 3.03. The average molecular weight is 247 g/mol. The second-order valence-corrected chi connectivity index (χ2v) is 3.74.